The van der Waals surface area contributed by atoms with E-state index in [1.165, 1.54) is 16.4 Å². The Balaban J connectivity index is 1.61. The molecule has 3 rings (SSSR count). The molecular weight excluding hydrogens is 460 g/mol. The molecule has 0 atom stereocenters. The van der Waals surface area contributed by atoms with Crippen molar-refractivity contribution in [3.63, 3.8) is 0 Å². The number of halogens is 2. The van der Waals surface area contributed by atoms with Gasteiger partial charge in [-0.05, 0) is 29.8 Å². The summed E-state index contributed by atoms with van der Waals surface area (Å²) >= 11 is 10.3. The first-order valence-electron chi connectivity index (χ1n) is 7.85. The zero-order valence-electron chi connectivity index (χ0n) is 13.6. The van der Waals surface area contributed by atoms with Crippen molar-refractivity contribution in [3.05, 3.63) is 56.8 Å². The quantitative estimate of drug-likeness (QED) is 0.634. The van der Waals surface area contributed by atoms with E-state index in [0.29, 0.717) is 17.4 Å². The second kappa shape index (κ2) is 8.22. The lowest BCUT2D eigenvalue weighted by molar-refractivity contribution is -0.127. The summed E-state index contributed by atoms with van der Waals surface area (Å²) in [5.74, 6) is -0.128. The third kappa shape index (κ3) is 4.37. The summed E-state index contributed by atoms with van der Waals surface area (Å²) in [6.07, 6.45) is 3.27. The van der Waals surface area contributed by atoms with E-state index in [2.05, 4.69) is 15.9 Å². The summed E-state index contributed by atoms with van der Waals surface area (Å²) < 4.78 is 28.1. The molecule has 26 heavy (non-hydrogen) atoms. The van der Waals surface area contributed by atoms with Crippen LogP contribution in [0.1, 0.15) is 5.56 Å². The molecule has 1 saturated heterocycles. The van der Waals surface area contributed by atoms with E-state index in [1.807, 2.05) is 24.3 Å². The van der Waals surface area contributed by atoms with Crippen LogP contribution in [0.5, 0.6) is 0 Å². The van der Waals surface area contributed by atoms with Gasteiger partial charge in [-0.3, -0.25) is 4.79 Å². The highest BCUT2D eigenvalue weighted by atomic mass is 79.9. The van der Waals surface area contributed by atoms with Crippen molar-refractivity contribution in [2.75, 3.05) is 26.2 Å². The van der Waals surface area contributed by atoms with Crippen molar-refractivity contribution in [1.82, 2.24) is 9.21 Å². The molecular formula is C17H16BrClN2O3S2. The van der Waals surface area contributed by atoms with Gasteiger partial charge in [-0.1, -0.05) is 45.7 Å². The zero-order valence-corrected chi connectivity index (χ0v) is 17.6. The minimum atomic E-state index is -3.55. The summed E-state index contributed by atoms with van der Waals surface area (Å²) in [7, 11) is -3.55. The second-order valence-corrected chi connectivity index (χ2v) is 10.4. The maximum Gasteiger partial charge on any atom is 0.252 e. The van der Waals surface area contributed by atoms with Gasteiger partial charge in [0.25, 0.3) is 10.0 Å². The van der Waals surface area contributed by atoms with Crippen molar-refractivity contribution in [1.29, 1.82) is 0 Å². The van der Waals surface area contributed by atoms with Crippen LogP contribution in [0, 0.1) is 0 Å². The number of carbonyl (C=O) groups is 1. The van der Waals surface area contributed by atoms with Crippen LogP contribution in [-0.4, -0.2) is 49.7 Å². The Morgan fingerprint density at radius 1 is 1.12 bits per heavy atom. The van der Waals surface area contributed by atoms with E-state index in [-0.39, 0.29) is 23.2 Å². The van der Waals surface area contributed by atoms with Crippen LogP contribution in [-0.2, 0) is 14.8 Å². The smallest absolute Gasteiger partial charge is 0.252 e. The van der Waals surface area contributed by atoms with Crippen LogP contribution >= 0.6 is 38.9 Å². The van der Waals surface area contributed by atoms with Gasteiger partial charge in [0.15, 0.2) is 0 Å². The van der Waals surface area contributed by atoms with Gasteiger partial charge in [0, 0.05) is 36.7 Å². The molecule has 1 aromatic heterocycles. The molecule has 1 fully saturated rings. The van der Waals surface area contributed by atoms with Crippen LogP contribution in [0.3, 0.4) is 0 Å². The van der Waals surface area contributed by atoms with Gasteiger partial charge in [-0.2, -0.15) is 4.31 Å². The number of amides is 1. The van der Waals surface area contributed by atoms with E-state index in [1.54, 1.807) is 17.0 Å². The van der Waals surface area contributed by atoms with Crippen LogP contribution in [0.4, 0.5) is 0 Å². The van der Waals surface area contributed by atoms with E-state index in [0.717, 1.165) is 21.4 Å². The molecule has 1 aliphatic heterocycles. The summed E-state index contributed by atoms with van der Waals surface area (Å²) in [5.41, 5.74) is 0.914. The minimum absolute atomic E-state index is 0.128. The molecule has 0 unspecified atom stereocenters. The third-order valence-corrected chi connectivity index (χ3v) is 8.32. The first kappa shape index (κ1) is 19.6. The maximum atomic E-state index is 12.6. The topological polar surface area (TPSA) is 57.7 Å². The summed E-state index contributed by atoms with van der Waals surface area (Å²) in [4.78, 5) is 14.0. The predicted molar refractivity (Wildman–Crippen MR) is 108 cm³/mol. The molecule has 1 aliphatic rings. The molecule has 0 bridgehead atoms. The molecule has 9 heteroatoms. The van der Waals surface area contributed by atoms with Crippen LogP contribution in [0.2, 0.25) is 4.34 Å². The molecule has 1 aromatic carbocycles. The van der Waals surface area contributed by atoms with Crippen molar-refractivity contribution >= 4 is 60.9 Å². The molecule has 0 radical (unpaired) electrons. The van der Waals surface area contributed by atoms with Gasteiger partial charge in [0.05, 0.1) is 4.34 Å². The number of hydrogen-bond donors (Lipinski definition) is 0. The molecule has 138 valence electrons. The third-order valence-electron chi connectivity index (χ3n) is 4.00. The lowest BCUT2D eigenvalue weighted by Gasteiger charge is -2.33. The van der Waals surface area contributed by atoms with Crippen molar-refractivity contribution in [2.45, 2.75) is 4.21 Å². The van der Waals surface area contributed by atoms with Gasteiger partial charge < -0.3 is 4.90 Å². The summed E-state index contributed by atoms with van der Waals surface area (Å²) in [5, 5.41) is 0. The first-order valence-corrected chi connectivity index (χ1v) is 11.3. The second-order valence-electron chi connectivity index (χ2n) is 5.64. The number of nitrogens with zero attached hydrogens (tertiary/aromatic N) is 2. The van der Waals surface area contributed by atoms with Crippen molar-refractivity contribution in [3.8, 4) is 0 Å². The highest BCUT2D eigenvalue weighted by molar-refractivity contribution is 9.10. The lowest BCUT2D eigenvalue weighted by atomic mass is 10.2. The fraction of sp³-hybridized carbons (Fsp3) is 0.235. The fourth-order valence-electron chi connectivity index (χ4n) is 2.59. The van der Waals surface area contributed by atoms with E-state index < -0.39 is 10.0 Å². The van der Waals surface area contributed by atoms with Gasteiger partial charge in [0.1, 0.15) is 4.21 Å². The Labute approximate surface area is 170 Å². The Hall–Kier alpha value is -1.19. The van der Waals surface area contributed by atoms with Gasteiger partial charge in [0.2, 0.25) is 5.91 Å². The normalized spacial score (nSPS) is 16.3. The average molecular weight is 476 g/mol. The van der Waals surface area contributed by atoms with Crippen LogP contribution < -0.4 is 0 Å². The molecule has 1 amide bonds. The Morgan fingerprint density at radius 3 is 2.42 bits per heavy atom. The largest absolute Gasteiger partial charge is 0.337 e. The van der Waals surface area contributed by atoms with E-state index in [9.17, 15) is 13.2 Å². The number of rotatable bonds is 4. The predicted octanol–water partition coefficient (Wildman–Crippen LogP) is 3.71. The fourth-order valence-corrected chi connectivity index (χ4v) is 6.07. The van der Waals surface area contributed by atoms with E-state index in [4.69, 9.17) is 11.6 Å². The van der Waals surface area contributed by atoms with Crippen LogP contribution in [0.25, 0.3) is 6.08 Å². The SMILES string of the molecule is O=C(/C=C/c1ccccc1Br)N1CCN(S(=O)(=O)c2ccc(Cl)s2)CC1. The van der Waals surface area contributed by atoms with E-state index >= 15 is 0 Å². The number of piperazine rings is 1. The number of benzene rings is 1. The lowest BCUT2D eigenvalue weighted by Crippen LogP contribution is -2.50. The highest BCUT2D eigenvalue weighted by Crippen LogP contribution is 2.28. The van der Waals surface area contributed by atoms with Gasteiger partial charge in [-0.15, -0.1) is 11.3 Å². The highest BCUT2D eigenvalue weighted by Gasteiger charge is 2.30. The summed E-state index contributed by atoms with van der Waals surface area (Å²) in [6.45, 7) is 1.26. The standard InChI is InChI=1S/C17H16BrClN2O3S2/c18-14-4-2-1-3-13(14)5-7-16(22)20-9-11-21(12-10-20)26(23,24)17-8-6-15(19)25-17/h1-8H,9-12H2/b7-5+. The number of carbonyl (C=O) groups excluding carboxylic acids is 1. The monoisotopic (exact) mass is 474 g/mol. The number of thiophene rings is 1. The number of sulfonamides is 1. The zero-order chi connectivity index (χ0) is 18.7. The Kier molecular flexibility index (Phi) is 6.19. The number of hydrogen-bond acceptors (Lipinski definition) is 4. The van der Waals surface area contributed by atoms with Crippen LogP contribution in [0.15, 0.2) is 51.2 Å². The van der Waals surface area contributed by atoms with Crippen molar-refractivity contribution < 1.29 is 13.2 Å². The average Bonchev–Trinajstić information content (AvgIpc) is 3.08. The minimum Gasteiger partial charge on any atom is -0.337 e. The molecule has 0 saturated carbocycles. The Morgan fingerprint density at radius 2 is 1.81 bits per heavy atom. The summed E-state index contributed by atoms with van der Waals surface area (Å²) in [6, 6.07) is 10.7. The van der Waals surface area contributed by atoms with Gasteiger partial charge >= 0.3 is 0 Å². The molecule has 2 heterocycles. The molecule has 0 N–H and O–H groups in total. The maximum absolute atomic E-state index is 12.6. The molecule has 0 spiro atoms. The molecule has 5 nitrogen and oxygen atoms in total. The Bertz CT molecular complexity index is 935. The molecule has 0 aliphatic carbocycles. The van der Waals surface area contributed by atoms with Crippen molar-refractivity contribution in [2.24, 2.45) is 0 Å². The molecule has 2 aromatic rings. The van der Waals surface area contributed by atoms with Gasteiger partial charge in [-0.25, -0.2) is 8.42 Å². The first-order chi connectivity index (χ1) is 12.4.